The van der Waals surface area contributed by atoms with Crippen LogP contribution >= 0.6 is 11.6 Å². The Bertz CT molecular complexity index is 527. The van der Waals surface area contributed by atoms with Crippen LogP contribution < -0.4 is 0 Å². The van der Waals surface area contributed by atoms with E-state index < -0.39 is 0 Å². The summed E-state index contributed by atoms with van der Waals surface area (Å²) in [6.45, 7) is 2.52. The van der Waals surface area contributed by atoms with Crippen LogP contribution in [0.1, 0.15) is 12.8 Å². The fourth-order valence-electron chi connectivity index (χ4n) is 1.54. The average Bonchev–Trinajstić information content (AvgIpc) is 2.87. The van der Waals surface area contributed by atoms with Gasteiger partial charge >= 0.3 is 0 Å². The van der Waals surface area contributed by atoms with Crippen LogP contribution in [0.15, 0.2) is 28.7 Å². The number of nitrogens with zero attached hydrogens (tertiary/aromatic N) is 3. The predicted octanol–water partition coefficient (Wildman–Crippen LogP) is 2.20. The van der Waals surface area contributed by atoms with Crippen molar-refractivity contribution >= 4 is 11.6 Å². The lowest BCUT2D eigenvalue weighted by molar-refractivity contribution is 0.145. The van der Waals surface area contributed by atoms with Gasteiger partial charge in [-0.05, 0) is 38.2 Å². The second-order valence-electron chi connectivity index (χ2n) is 4.45. The number of aromatic nitrogens is 2. The van der Waals surface area contributed by atoms with Gasteiger partial charge in [-0.25, -0.2) is 0 Å². The molecule has 0 aliphatic rings. The zero-order valence-electron chi connectivity index (χ0n) is 10.9. The highest BCUT2D eigenvalue weighted by atomic mass is 35.5. The van der Waals surface area contributed by atoms with Crippen molar-refractivity contribution in [1.29, 1.82) is 0 Å². The monoisotopic (exact) mass is 281 g/mol. The molecule has 6 heteroatoms. The van der Waals surface area contributed by atoms with E-state index in [1.165, 1.54) is 0 Å². The molecule has 2 aromatic rings. The lowest BCUT2D eigenvalue weighted by atomic mass is 10.2. The zero-order valence-corrected chi connectivity index (χ0v) is 11.6. The quantitative estimate of drug-likeness (QED) is 0.910. The Balaban J connectivity index is 2.09. The minimum absolute atomic E-state index is 0.0471. The second kappa shape index (κ2) is 6.14. The van der Waals surface area contributed by atoms with Gasteiger partial charge in [0, 0.05) is 16.6 Å². The van der Waals surface area contributed by atoms with Crippen molar-refractivity contribution < 1.29 is 9.52 Å². The molecule has 1 unspecified atom stereocenters. The Morgan fingerprint density at radius 3 is 2.63 bits per heavy atom. The largest absolute Gasteiger partial charge is 0.419 e. The van der Waals surface area contributed by atoms with Crippen molar-refractivity contribution in [3.63, 3.8) is 0 Å². The van der Waals surface area contributed by atoms with Gasteiger partial charge in [0.15, 0.2) is 0 Å². The molecule has 0 aliphatic heterocycles. The molecule has 0 aliphatic carbocycles. The number of rotatable bonds is 5. The van der Waals surface area contributed by atoms with Crippen molar-refractivity contribution in [2.75, 3.05) is 13.7 Å². The number of hydrogen-bond donors (Lipinski definition) is 1. The molecule has 0 radical (unpaired) electrons. The normalized spacial score (nSPS) is 12.9. The lowest BCUT2D eigenvalue weighted by Crippen LogP contribution is -2.31. The van der Waals surface area contributed by atoms with Gasteiger partial charge in [0.05, 0.1) is 13.2 Å². The molecule has 1 N–H and O–H groups in total. The molecule has 1 heterocycles. The second-order valence-corrected chi connectivity index (χ2v) is 4.89. The third-order valence-electron chi connectivity index (χ3n) is 2.96. The minimum atomic E-state index is 0.0471. The first-order chi connectivity index (χ1) is 9.10. The Hall–Kier alpha value is -1.43. The van der Waals surface area contributed by atoms with E-state index in [9.17, 15) is 0 Å². The van der Waals surface area contributed by atoms with E-state index in [-0.39, 0.29) is 12.6 Å². The van der Waals surface area contributed by atoms with Crippen LogP contribution in [0.3, 0.4) is 0 Å². The van der Waals surface area contributed by atoms with Crippen LogP contribution in [0.4, 0.5) is 0 Å². The van der Waals surface area contributed by atoms with Gasteiger partial charge in [0.2, 0.25) is 11.8 Å². The molecule has 0 bridgehead atoms. The Morgan fingerprint density at radius 2 is 2.00 bits per heavy atom. The SMILES string of the molecule is CC(CO)N(C)Cc1nnc(-c2ccc(Cl)cc2)o1. The highest BCUT2D eigenvalue weighted by molar-refractivity contribution is 6.30. The van der Waals surface area contributed by atoms with Crippen LogP contribution in [0.25, 0.3) is 11.5 Å². The standard InChI is InChI=1S/C13H16ClN3O2/c1-9(8-18)17(2)7-12-15-16-13(19-12)10-3-5-11(14)6-4-10/h3-6,9,18H,7-8H2,1-2H3. The van der Waals surface area contributed by atoms with Crippen LogP contribution in [0.2, 0.25) is 5.02 Å². The average molecular weight is 282 g/mol. The van der Waals surface area contributed by atoms with Gasteiger partial charge in [0.25, 0.3) is 0 Å². The van der Waals surface area contributed by atoms with Crippen molar-refractivity contribution in [3.8, 4) is 11.5 Å². The van der Waals surface area contributed by atoms with Gasteiger partial charge in [-0.1, -0.05) is 11.6 Å². The van der Waals surface area contributed by atoms with E-state index in [0.717, 1.165) is 5.56 Å². The van der Waals surface area contributed by atoms with E-state index in [4.69, 9.17) is 21.1 Å². The highest BCUT2D eigenvalue weighted by Crippen LogP contribution is 2.20. The summed E-state index contributed by atoms with van der Waals surface area (Å²) in [6.07, 6.45) is 0. The maximum Gasteiger partial charge on any atom is 0.247 e. The van der Waals surface area contributed by atoms with E-state index in [0.29, 0.717) is 23.3 Å². The fraction of sp³-hybridized carbons (Fsp3) is 0.385. The number of hydrogen-bond acceptors (Lipinski definition) is 5. The maximum atomic E-state index is 9.07. The molecule has 0 saturated heterocycles. The number of halogens is 1. The molecule has 19 heavy (non-hydrogen) atoms. The summed E-state index contributed by atoms with van der Waals surface area (Å²) in [4.78, 5) is 1.94. The van der Waals surface area contributed by atoms with Crippen LogP contribution in [-0.4, -0.2) is 39.9 Å². The van der Waals surface area contributed by atoms with Gasteiger partial charge in [-0.2, -0.15) is 0 Å². The molecule has 2 rings (SSSR count). The Kier molecular flexibility index (Phi) is 4.52. The van der Waals surface area contributed by atoms with Crippen molar-refractivity contribution in [3.05, 3.63) is 35.2 Å². The topological polar surface area (TPSA) is 62.4 Å². The van der Waals surface area contributed by atoms with Crippen LogP contribution in [-0.2, 0) is 6.54 Å². The van der Waals surface area contributed by atoms with Crippen molar-refractivity contribution in [2.24, 2.45) is 0 Å². The number of aliphatic hydroxyl groups is 1. The Labute approximate surface area is 116 Å². The summed E-state index contributed by atoms with van der Waals surface area (Å²) in [6, 6.07) is 7.27. The minimum Gasteiger partial charge on any atom is -0.419 e. The van der Waals surface area contributed by atoms with E-state index in [1.807, 2.05) is 31.0 Å². The van der Waals surface area contributed by atoms with Gasteiger partial charge < -0.3 is 9.52 Å². The molecule has 1 aromatic carbocycles. The number of benzene rings is 1. The smallest absolute Gasteiger partial charge is 0.247 e. The number of aliphatic hydroxyl groups excluding tert-OH is 1. The lowest BCUT2D eigenvalue weighted by Gasteiger charge is -2.20. The molecule has 0 saturated carbocycles. The van der Waals surface area contributed by atoms with Gasteiger partial charge in [-0.3, -0.25) is 4.90 Å². The van der Waals surface area contributed by atoms with Crippen molar-refractivity contribution in [1.82, 2.24) is 15.1 Å². The summed E-state index contributed by atoms with van der Waals surface area (Å²) in [5.74, 6) is 0.990. The number of likely N-dealkylation sites (N-methyl/N-ethyl adjacent to an activating group) is 1. The van der Waals surface area contributed by atoms with E-state index in [2.05, 4.69) is 10.2 Å². The molecule has 1 aromatic heterocycles. The molecule has 102 valence electrons. The third-order valence-corrected chi connectivity index (χ3v) is 3.21. The molecule has 0 amide bonds. The first kappa shape index (κ1) is 14.0. The third kappa shape index (κ3) is 3.53. The predicted molar refractivity (Wildman–Crippen MR) is 72.8 cm³/mol. The Morgan fingerprint density at radius 1 is 1.32 bits per heavy atom. The zero-order chi connectivity index (χ0) is 13.8. The molecule has 0 spiro atoms. The molecular formula is C13H16ClN3O2. The molecule has 5 nitrogen and oxygen atoms in total. The maximum absolute atomic E-state index is 9.07. The van der Waals surface area contributed by atoms with Gasteiger partial charge in [-0.15, -0.1) is 10.2 Å². The first-order valence-corrected chi connectivity index (χ1v) is 6.37. The van der Waals surface area contributed by atoms with Crippen LogP contribution in [0, 0.1) is 0 Å². The van der Waals surface area contributed by atoms with E-state index >= 15 is 0 Å². The molecule has 1 atom stereocenters. The molecule has 0 fully saturated rings. The summed E-state index contributed by atoms with van der Waals surface area (Å²) < 4.78 is 5.59. The highest BCUT2D eigenvalue weighted by Gasteiger charge is 2.13. The van der Waals surface area contributed by atoms with Gasteiger partial charge in [0.1, 0.15) is 0 Å². The summed E-state index contributed by atoms with van der Waals surface area (Å²) in [5.41, 5.74) is 0.834. The van der Waals surface area contributed by atoms with E-state index in [1.54, 1.807) is 12.1 Å². The fourth-order valence-corrected chi connectivity index (χ4v) is 1.66. The molecular weight excluding hydrogens is 266 g/mol. The summed E-state index contributed by atoms with van der Waals surface area (Å²) >= 11 is 5.83. The van der Waals surface area contributed by atoms with Crippen LogP contribution in [0.5, 0.6) is 0 Å². The summed E-state index contributed by atoms with van der Waals surface area (Å²) in [5, 5.41) is 17.7. The summed E-state index contributed by atoms with van der Waals surface area (Å²) in [7, 11) is 1.90. The van der Waals surface area contributed by atoms with Crippen molar-refractivity contribution in [2.45, 2.75) is 19.5 Å². The first-order valence-electron chi connectivity index (χ1n) is 5.99.